The summed E-state index contributed by atoms with van der Waals surface area (Å²) in [6, 6.07) is 40.7. The molecule has 0 radical (unpaired) electrons. The highest BCUT2D eigenvalue weighted by Crippen LogP contribution is 2.39. The Kier molecular flexibility index (Phi) is 7.87. The van der Waals surface area contributed by atoms with E-state index in [0.29, 0.717) is 5.92 Å². The molecule has 4 nitrogen and oxygen atoms in total. The molecule has 1 aromatic heterocycles. The van der Waals surface area contributed by atoms with Crippen molar-refractivity contribution in [2.75, 3.05) is 0 Å². The molecular formula is C46H39N3O. The first kappa shape index (κ1) is 30.4. The summed E-state index contributed by atoms with van der Waals surface area (Å²) in [7, 11) is 0. The molecule has 0 saturated carbocycles. The second kappa shape index (κ2) is 13.0. The zero-order chi connectivity index (χ0) is 33.4. The molecule has 2 heterocycles. The molecule has 9 rings (SSSR count). The van der Waals surface area contributed by atoms with Crippen LogP contribution in [-0.2, 0) is 0 Å². The molecule has 3 atom stereocenters. The Hall–Kier alpha value is -5.71. The quantitative estimate of drug-likeness (QED) is 0.177. The Morgan fingerprint density at radius 3 is 2.46 bits per heavy atom. The number of fused-ring (bicyclic) bond motifs is 4. The lowest BCUT2D eigenvalue weighted by Crippen LogP contribution is -2.45. The van der Waals surface area contributed by atoms with Crippen LogP contribution in [0.4, 0.5) is 0 Å². The van der Waals surface area contributed by atoms with E-state index >= 15 is 0 Å². The second-order valence-corrected chi connectivity index (χ2v) is 13.6. The van der Waals surface area contributed by atoms with Gasteiger partial charge in [-0.1, -0.05) is 134 Å². The third-order valence-corrected chi connectivity index (χ3v) is 10.4. The van der Waals surface area contributed by atoms with Crippen molar-refractivity contribution in [2.45, 2.75) is 38.5 Å². The number of rotatable bonds is 6. The largest absolute Gasteiger partial charge is 0.456 e. The lowest BCUT2D eigenvalue weighted by atomic mass is 9.80. The van der Waals surface area contributed by atoms with Gasteiger partial charge in [0, 0.05) is 16.3 Å². The molecule has 1 aliphatic heterocycles. The van der Waals surface area contributed by atoms with Gasteiger partial charge in [-0.3, -0.25) is 5.32 Å². The van der Waals surface area contributed by atoms with Crippen LogP contribution in [0.2, 0.25) is 0 Å². The highest BCUT2D eigenvalue weighted by Gasteiger charge is 2.30. The Bertz CT molecular complexity index is 2380. The third-order valence-electron chi connectivity index (χ3n) is 10.4. The Morgan fingerprint density at radius 1 is 0.780 bits per heavy atom. The van der Waals surface area contributed by atoms with Gasteiger partial charge < -0.3 is 9.73 Å². The summed E-state index contributed by atoms with van der Waals surface area (Å²) in [4.78, 5) is 5.27. The smallest absolute Gasteiger partial charge is 0.135 e. The van der Waals surface area contributed by atoms with Crippen molar-refractivity contribution in [2.24, 2.45) is 10.9 Å². The predicted molar refractivity (Wildman–Crippen MR) is 208 cm³/mol. The molecule has 0 spiro atoms. The van der Waals surface area contributed by atoms with Crippen molar-refractivity contribution >= 4 is 39.9 Å². The monoisotopic (exact) mass is 649 g/mol. The molecule has 5 aromatic carbocycles. The molecule has 0 fully saturated rings. The summed E-state index contributed by atoms with van der Waals surface area (Å²) < 4.78 is 6.48. The molecule has 4 heteroatoms. The first-order valence-corrected chi connectivity index (χ1v) is 17.7. The van der Waals surface area contributed by atoms with E-state index in [2.05, 4.69) is 163 Å². The minimum absolute atomic E-state index is 0.170. The van der Waals surface area contributed by atoms with Crippen LogP contribution in [0.5, 0.6) is 0 Å². The standard InChI is InChI=1S/C46H39N3O/c1-30-27-36(23-21-32(30)20-19-31-11-4-2-5-12-31)37-25-26-41-40(29-37)43-39(17-10-18-42(43)50-41)46-48-44(34-14-6-3-7-15-34)47-45(49-46)38-24-22-33-13-8-9-16-35(33)28-38/h2-8,10-15,17-27,29,35,44,46,48H,9,16,28H2,1H3,(H,47,49)/b20-19-. The molecule has 2 N–H and O–H groups in total. The van der Waals surface area contributed by atoms with E-state index in [0.717, 1.165) is 51.7 Å². The molecule has 244 valence electrons. The van der Waals surface area contributed by atoms with Crippen LogP contribution in [0, 0.1) is 12.8 Å². The maximum atomic E-state index is 6.48. The fraction of sp³-hybridized carbons (Fsp3) is 0.152. The summed E-state index contributed by atoms with van der Waals surface area (Å²) in [5.74, 6) is 1.51. The van der Waals surface area contributed by atoms with Crippen LogP contribution >= 0.6 is 0 Å². The van der Waals surface area contributed by atoms with Crippen LogP contribution in [0.3, 0.4) is 0 Å². The highest BCUT2D eigenvalue weighted by atomic mass is 16.3. The first-order valence-electron chi connectivity index (χ1n) is 17.7. The molecule has 6 aromatic rings. The van der Waals surface area contributed by atoms with E-state index in [1.54, 1.807) is 0 Å². The van der Waals surface area contributed by atoms with Crippen molar-refractivity contribution in [3.05, 3.63) is 179 Å². The molecule has 0 amide bonds. The first-order chi connectivity index (χ1) is 24.7. The third kappa shape index (κ3) is 5.82. The number of amidine groups is 1. The van der Waals surface area contributed by atoms with Gasteiger partial charge in [0.15, 0.2) is 0 Å². The van der Waals surface area contributed by atoms with Crippen LogP contribution in [0.15, 0.2) is 160 Å². The van der Waals surface area contributed by atoms with E-state index in [9.17, 15) is 0 Å². The molecule has 50 heavy (non-hydrogen) atoms. The van der Waals surface area contributed by atoms with Gasteiger partial charge >= 0.3 is 0 Å². The molecule has 3 aliphatic rings. The van der Waals surface area contributed by atoms with Crippen molar-refractivity contribution in [1.82, 2.24) is 10.6 Å². The van der Waals surface area contributed by atoms with Gasteiger partial charge in [0.1, 0.15) is 29.3 Å². The average Bonchev–Trinajstić information content (AvgIpc) is 3.56. The topological polar surface area (TPSA) is 49.6 Å². The Balaban J connectivity index is 1.09. The Morgan fingerprint density at radius 2 is 1.60 bits per heavy atom. The SMILES string of the molecule is Cc1cc(-c2ccc3oc4cccc(C5NC(C6=CC=C7C=CCCC7C6)=NC(c6ccccc6)N5)c4c3c2)ccc1/C=C\c1ccccc1. The van der Waals surface area contributed by atoms with Crippen LogP contribution < -0.4 is 10.6 Å². The van der Waals surface area contributed by atoms with Gasteiger partial charge in [0.2, 0.25) is 0 Å². The van der Waals surface area contributed by atoms with Crippen molar-refractivity contribution < 1.29 is 4.42 Å². The van der Waals surface area contributed by atoms with E-state index < -0.39 is 0 Å². The van der Waals surface area contributed by atoms with Crippen LogP contribution in [-0.4, -0.2) is 5.84 Å². The number of hydrogen-bond donors (Lipinski definition) is 2. The number of aryl methyl sites for hydroxylation is 1. The van der Waals surface area contributed by atoms with Crippen molar-refractivity contribution in [3.8, 4) is 11.1 Å². The van der Waals surface area contributed by atoms with Gasteiger partial charge in [0.25, 0.3) is 0 Å². The van der Waals surface area contributed by atoms with Crippen LogP contribution in [0.25, 0.3) is 45.2 Å². The fourth-order valence-corrected chi connectivity index (χ4v) is 7.69. The number of aliphatic imine (C=N–C) groups is 1. The molecule has 2 aliphatic carbocycles. The number of benzene rings is 5. The normalized spacial score (nSPS) is 20.3. The predicted octanol–water partition coefficient (Wildman–Crippen LogP) is 11.2. The fourth-order valence-electron chi connectivity index (χ4n) is 7.69. The average molecular weight is 650 g/mol. The maximum Gasteiger partial charge on any atom is 0.135 e. The molecular weight excluding hydrogens is 611 g/mol. The van der Waals surface area contributed by atoms with E-state index in [4.69, 9.17) is 9.41 Å². The maximum absolute atomic E-state index is 6.48. The number of nitrogens with one attached hydrogen (secondary N) is 2. The minimum atomic E-state index is -0.184. The molecule has 3 unspecified atom stereocenters. The second-order valence-electron chi connectivity index (χ2n) is 13.6. The summed E-state index contributed by atoms with van der Waals surface area (Å²) in [5, 5.41) is 9.92. The van der Waals surface area contributed by atoms with Gasteiger partial charge in [-0.2, -0.15) is 0 Å². The summed E-state index contributed by atoms with van der Waals surface area (Å²) in [6.07, 6.45) is 16.5. The lowest BCUT2D eigenvalue weighted by molar-refractivity contribution is 0.408. The summed E-state index contributed by atoms with van der Waals surface area (Å²) in [5.41, 5.74) is 12.8. The van der Waals surface area contributed by atoms with Crippen molar-refractivity contribution in [3.63, 3.8) is 0 Å². The zero-order valence-electron chi connectivity index (χ0n) is 28.1. The van der Waals surface area contributed by atoms with E-state index in [1.807, 2.05) is 6.07 Å². The lowest BCUT2D eigenvalue weighted by Gasteiger charge is -2.35. The molecule has 0 saturated heterocycles. The highest BCUT2D eigenvalue weighted by molar-refractivity contribution is 6.09. The minimum Gasteiger partial charge on any atom is -0.456 e. The number of nitrogens with zero attached hydrogens (tertiary/aromatic N) is 1. The number of allylic oxidation sites excluding steroid dienone is 5. The molecule has 0 bridgehead atoms. The van der Waals surface area contributed by atoms with Crippen molar-refractivity contribution in [1.29, 1.82) is 0 Å². The van der Waals surface area contributed by atoms with Crippen LogP contribution in [0.1, 0.15) is 59.4 Å². The Labute approximate surface area is 293 Å². The zero-order valence-corrected chi connectivity index (χ0v) is 28.1. The van der Waals surface area contributed by atoms with Gasteiger partial charge in [-0.25, -0.2) is 4.99 Å². The van der Waals surface area contributed by atoms with Gasteiger partial charge in [-0.05, 0) is 94.8 Å². The van der Waals surface area contributed by atoms with Gasteiger partial charge in [-0.15, -0.1) is 0 Å². The number of furan rings is 1. The van der Waals surface area contributed by atoms with E-state index in [1.165, 1.54) is 45.4 Å². The van der Waals surface area contributed by atoms with Gasteiger partial charge in [0.05, 0.1) is 0 Å². The summed E-state index contributed by atoms with van der Waals surface area (Å²) in [6.45, 7) is 2.18. The van der Waals surface area contributed by atoms with E-state index in [-0.39, 0.29) is 12.3 Å². The number of hydrogen-bond acceptors (Lipinski definition) is 4. The summed E-state index contributed by atoms with van der Waals surface area (Å²) >= 11 is 0.